The molecule has 0 aromatic carbocycles. The largest absolute Gasteiger partial charge is 0.376 e. The van der Waals surface area contributed by atoms with Crippen molar-refractivity contribution in [2.75, 3.05) is 39.3 Å². The first kappa shape index (κ1) is 12.3. The van der Waals surface area contributed by atoms with Gasteiger partial charge in [0, 0.05) is 32.7 Å². The monoisotopic (exact) mass is 228 g/mol. The van der Waals surface area contributed by atoms with Gasteiger partial charge in [-0.15, -0.1) is 0 Å². The summed E-state index contributed by atoms with van der Waals surface area (Å²) in [7, 11) is 0. The zero-order valence-corrected chi connectivity index (χ0v) is 10.4. The number of hydrogen-bond donors (Lipinski definition) is 1. The molecule has 0 aromatic rings. The minimum Gasteiger partial charge on any atom is -0.376 e. The Kier molecular flexibility index (Phi) is 4.58. The van der Waals surface area contributed by atoms with Crippen LogP contribution in [0.2, 0.25) is 0 Å². The van der Waals surface area contributed by atoms with Gasteiger partial charge >= 0.3 is 0 Å². The normalized spacial score (nSPS) is 37.5. The van der Waals surface area contributed by atoms with Crippen LogP contribution in [0, 0.1) is 0 Å². The Morgan fingerprint density at radius 2 is 2.00 bits per heavy atom. The Balaban J connectivity index is 1.68. The smallest absolute Gasteiger partial charge is 0.0712 e. The van der Waals surface area contributed by atoms with Crippen molar-refractivity contribution in [1.29, 1.82) is 0 Å². The molecule has 16 heavy (non-hydrogen) atoms. The molecule has 1 N–H and O–H groups in total. The summed E-state index contributed by atoms with van der Waals surface area (Å²) in [6.45, 7) is 10.4. The molecule has 3 unspecified atom stereocenters. The second-order valence-electron chi connectivity index (χ2n) is 5.00. The van der Waals surface area contributed by atoms with E-state index in [4.69, 9.17) is 9.47 Å². The summed E-state index contributed by atoms with van der Waals surface area (Å²) in [5, 5.41) is 3.37. The van der Waals surface area contributed by atoms with Gasteiger partial charge in [0.1, 0.15) is 0 Å². The minimum absolute atomic E-state index is 0.370. The number of nitrogens with zero attached hydrogens (tertiary/aromatic N) is 1. The molecule has 4 heteroatoms. The summed E-state index contributed by atoms with van der Waals surface area (Å²) < 4.78 is 11.4. The molecule has 0 saturated carbocycles. The van der Waals surface area contributed by atoms with Gasteiger partial charge in [0.2, 0.25) is 0 Å². The highest BCUT2D eigenvalue weighted by molar-refractivity contribution is 4.75. The van der Waals surface area contributed by atoms with Crippen molar-refractivity contribution in [1.82, 2.24) is 10.2 Å². The summed E-state index contributed by atoms with van der Waals surface area (Å²) in [4.78, 5) is 2.50. The van der Waals surface area contributed by atoms with Gasteiger partial charge in [-0.2, -0.15) is 0 Å². The molecule has 2 heterocycles. The van der Waals surface area contributed by atoms with Gasteiger partial charge in [0.15, 0.2) is 0 Å². The van der Waals surface area contributed by atoms with Crippen LogP contribution < -0.4 is 5.32 Å². The molecule has 0 aromatic heterocycles. The Labute approximate surface area is 98.3 Å². The van der Waals surface area contributed by atoms with Crippen LogP contribution in [0.1, 0.15) is 20.3 Å². The fraction of sp³-hybridized carbons (Fsp3) is 1.00. The van der Waals surface area contributed by atoms with Gasteiger partial charge in [-0.3, -0.25) is 4.90 Å². The molecule has 3 atom stereocenters. The van der Waals surface area contributed by atoms with E-state index in [-0.39, 0.29) is 0 Å². The van der Waals surface area contributed by atoms with E-state index in [1.165, 1.54) is 0 Å². The van der Waals surface area contributed by atoms with Crippen molar-refractivity contribution in [3.63, 3.8) is 0 Å². The van der Waals surface area contributed by atoms with Crippen LogP contribution in [0.15, 0.2) is 0 Å². The first-order valence-electron chi connectivity index (χ1n) is 6.44. The molecule has 94 valence electrons. The average Bonchev–Trinajstić information content (AvgIpc) is 2.27. The van der Waals surface area contributed by atoms with Crippen molar-refractivity contribution in [2.45, 2.75) is 38.6 Å². The van der Waals surface area contributed by atoms with E-state index in [1.54, 1.807) is 0 Å². The summed E-state index contributed by atoms with van der Waals surface area (Å²) >= 11 is 0. The maximum absolute atomic E-state index is 5.72. The van der Waals surface area contributed by atoms with Gasteiger partial charge < -0.3 is 14.8 Å². The molecule has 2 aliphatic heterocycles. The van der Waals surface area contributed by atoms with E-state index in [9.17, 15) is 0 Å². The van der Waals surface area contributed by atoms with E-state index >= 15 is 0 Å². The number of hydrogen-bond acceptors (Lipinski definition) is 4. The third-order valence-corrected chi connectivity index (χ3v) is 3.27. The average molecular weight is 228 g/mol. The zero-order chi connectivity index (χ0) is 11.4. The maximum Gasteiger partial charge on any atom is 0.0712 e. The second-order valence-corrected chi connectivity index (χ2v) is 5.00. The summed E-state index contributed by atoms with van der Waals surface area (Å²) in [6.07, 6.45) is 2.28. The van der Waals surface area contributed by atoms with Crippen molar-refractivity contribution >= 4 is 0 Å². The molecule has 0 bridgehead atoms. The summed E-state index contributed by atoms with van der Waals surface area (Å²) in [6, 6.07) is 0. The summed E-state index contributed by atoms with van der Waals surface area (Å²) in [5.41, 5.74) is 0. The van der Waals surface area contributed by atoms with Crippen LogP contribution >= 0.6 is 0 Å². The van der Waals surface area contributed by atoms with E-state index in [2.05, 4.69) is 24.1 Å². The molecule has 0 aliphatic carbocycles. The maximum atomic E-state index is 5.72. The van der Waals surface area contributed by atoms with Crippen molar-refractivity contribution < 1.29 is 9.47 Å². The summed E-state index contributed by atoms with van der Waals surface area (Å²) in [5.74, 6) is 0. The molecule has 4 nitrogen and oxygen atoms in total. The molecular weight excluding hydrogens is 204 g/mol. The quantitative estimate of drug-likeness (QED) is 0.761. The van der Waals surface area contributed by atoms with E-state index in [1.807, 2.05) is 0 Å². The lowest BCUT2D eigenvalue weighted by molar-refractivity contribution is -0.0727. The highest BCUT2D eigenvalue weighted by Crippen LogP contribution is 2.12. The lowest BCUT2D eigenvalue weighted by atomic mass is 10.2. The predicted octanol–water partition coefficient (Wildman–Crippen LogP) is 0.474. The molecule has 2 rings (SSSR count). The molecule has 0 radical (unpaired) electrons. The first-order valence-corrected chi connectivity index (χ1v) is 6.44. The lowest BCUT2D eigenvalue weighted by Gasteiger charge is -2.36. The minimum atomic E-state index is 0.370. The SMILES string of the molecule is CC1CN(CCC2CNCCO2)CC(C)O1. The Morgan fingerprint density at radius 1 is 1.25 bits per heavy atom. The lowest BCUT2D eigenvalue weighted by Crippen LogP contribution is -2.47. The Bertz CT molecular complexity index is 197. The van der Waals surface area contributed by atoms with Crippen LogP contribution in [-0.4, -0.2) is 62.5 Å². The number of nitrogens with one attached hydrogen (secondary N) is 1. The van der Waals surface area contributed by atoms with Crippen LogP contribution in [0.4, 0.5) is 0 Å². The van der Waals surface area contributed by atoms with E-state index in [0.29, 0.717) is 18.3 Å². The molecule has 2 fully saturated rings. The van der Waals surface area contributed by atoms with Crippen molar-refractivity contribution in [3.05, 3.63) is 0 Å². The number of rotatable bonds is 3. The van der Waals surface area contributed by atoms with Gasteiger partial charge in [-0.1, -0.05) is 0 Å². The van der Waals surface area contributed by atoms with Gasteiger partial charge in [0.25, 0.3) is 0 Å². The zero-order valence-electron chi connectivity index (χ0n) is 10.4. The fourth-order valence-electron chi connectivity index (χ4n) is 2.60. The third-order valence-electron chi connectivity index (χ3n) is 3.27. The van der Waals surface area contributed by atoms with Crippen LogP contribution in [0.25, 0.3) is 0 Å². The molecule has 2 aliphatic rings. The molecular formula is C12H24N2O2. The standard InChI is InChI=1S/C12H24N2O2/c1-10-8-14(9-11(2)16-10)5-3-12-7-13-4-6-15-12/h10-13H,3-9H2,1-2H3. The van der Waals surface area contributed by atoms with Crippen molar-refractivity contribution in [2.24, 2.45) is 0 Å². The molecule has 0 spiro atoms. The number of morpholine rings is 2. The van der Waals surface area contributed by atoms with Crippen LogP contribution in [-0.2, 0) is 9.47 Å². The van der Waals surface area contributed by atoms with Crippen LogP contribution in [0.5, 0.6) is 0 Å². The highest BCUT2D eigenvalue weighted by atomic mass is 16.5. The van der Waals surface area contributed by atoms with Gasteiger partial charge in [0.05, 0.1) is 24.9 Å². The second kappa shape index (κ2) is 5.96. The Morgan fingerprint density at radius 3 is 2.62 bits per heavy atom. The van der Waals surface area contributed by atoms with Gasteiger partial charge in [-0.25, -0.2) is 0 Å². The first-order chi connectivity index (χ1) is 7.74. The molecule has 2 saturated heterocycles. The highest BCUT2D eigenvalue weighted by Gasteiger charge is 2.23. The number of ether oxygens (including phenoxy) is 2. The van der Waals surface area contributed by atoms with E-state index < -0.39 is 0 Å². The third kappa shape index (κ3) is 3.70. The molecule has 0 amide bonds. The fourth-order valence-corrected chi connectivity index (χ4v) is 2.60. The Hall–Kier alpha value is -0.160. The van der Waals surface area contributed by atoms with Crippen LogP contribution in [0.3, 0.4) is 0 Å². The van der Waals surface area contributed by atoms with E-state index in [0.717, 1.165) is 45.8 Å². The predicted molar refractivity (Wildman–Crippen MR) is 63.7 cm³/mol. The topological polar surface area (TPSA) is 33.7 Å². The van der Waals surface area contributed by atoms with Crippen molar-refractivity contribution in [3.8, 4) is 0 Å². The van der Waals surface area contributed by atoms with Gasteiger partial charge in [-0.05, 0) is 20.3 Å².